The number of rotatable bonds is 7. The van der Waals surface area contributed by atoms with E-state index in [1.54, 1.807) is 0 Å². The molecule has 10 heteroatoms. The van der Waals surface area contributed by atoms with Crippen molar-refractivity contribution in [2.45, 2.75) is 24.2 Å². The van der Waals surface area contributed by atoms with E-state index in [1.807, 2.05) is 6.07 Å². The van der Waals surface area contributed by atoms with Crippen molar-refractivity contribution in [3.8, 4) is 6.07 Å². The van der Waals surface area contributed by atoms with Gasteiger partial charge in [-0.15, -0.1) is 0 Å². The molecule has 0 aromatic heterocycles. The Hall–Kier alpha value is -2.51. The van der Waals surface area contributed by atoms with E-state index < -0.39 is 40.2 Å². The number of amides is 1. The number of benzene rings is 1. The zero-order valence-corrected chi connectivity index (χ0v) is 15.4. The first-order chi connectivity index (χ1) is 12.8. The van der Waals surface area contributed by atoms with Gasteiger partial charge in [0.05, 0.1) is 23.3 Å². The van der Waals surface area contributed by atoms with Crippen LogP contribution in [0.3, 0.4) is 0 Å². The third kappa shape index (κ3) is 5.74. The quantitative estimate of drug-likeness (QED) is 0.537. The number of carbonyl (C=O) groups excluding carboxylic acids is 2. The van der Waals surface area contributed by atoms with Crippen LogP contribution >= 0.6 is 0 Å². The molecule has 1 aliphatic rings. The highest BCUT2D eigenvalue weighted by Crippen LogP contribution is 2.24. The van der Waals surface area contributed by atoms with Crippen LogP contribution in [0.2, 0.25) is 0 Å². The van der Waals surface area contributed by atoms with Crippen LogP contribution in [0.5, 0.6) is 0 Å². The van der Waals surface area contributed by atoms with E-state index in [2.05, 4.69) is 5.32 Å². The summed E-state index contributed by atoms with van der Waals surface area (Å²) in [4.78, 5) is 23.5. The molecular formula is C17H20FN3O5S. The Morgan fingerprint density at radius 2 is 1.89 bits per heavy atom. The predicted molar refractivity (Wildman–Crippen MR) is 92.1 cm³/mol. The maximum absolute atomic E-state index is 13.0. The monoisotopic (exact) mass is 397 g/mol. The van der Waals surface area contributed by atoms with Crippen molar-refractivity contribution < 1.29 is 27.1 Å². The number of nitriles is 1. The van der Waals surface area contributed by atoms with E-state index in [0.29, 0.717) is 0 Å². The van der Waals surface area contributed by atoms with Gasteiger partial charge >= 0.3 is 5.97 Å². The van der Waals surface area contributed by atoms with Crippen LogP contribution < -0.4 is 5.32 Å². The average molecular weight is 397 g/mol. The van der Waals surface area contributed by atoms with Crippen molar-refractivity contribution >= 4 is 21.9 Å². The first-order valence-electron chi connectivity index (χ1n) is 8.40. The topological polar surface area (TPSA) is 117 Å². The standard InChI is InChI=1S/C17H20FN3O5S/c18-14-2-4-15(5-3-14)27(24,25)21-10-6-13(7-11-21)17(23)26-12-16(22)20-9-1-8-19/h2-5,13H,1,6-7,9-12H2,(H,20,22). The Bertz CT molecular complexity index is 812. The van der Waals surface area contributed by atoms with Crippen molar-refractivity contribution in [3.05, 3.63) is 30.1 Å². The van der Waals surface area contributed by atoms with Crippen molar-refractivity contribution in [2.75, 3.05) is 26.2 Å². The molecule has 0 radical (unpaired) electrons. The van der Waals surface area contributed by atoms with Crippen molar-refractivity contribution in [1.82, 2.24) is 9.62 Å². The first kappa shape index (κ1) is 20.8. The second-order valence-electron chi connectivity index (χ2n) is 6.00. The lowest BCUT2D eigenvalue weighted by molar-refractivity contribution is -0.153. The number of piperidine rings is 1. The Morgan fingerprint density at radius 3 is 2.48 bits per heavy atom. The molecule has 1 fully saturated rings. The van der Waals surface area contributed by atoms with Crippen LogP contribution in [0.1, 0.15) is 19.3 Å². The average Bonchev–Trinajstić information content (AvgIpc) is 2.67. The third-order valence-electron chi connectivity index (χ3n) is 4.14. The Labute approximate surface area is 157 Å². The summed E-state index contributed by atoms with van der Waals surface area (Å²) in [6.07, 6.45) is 0.714. The summed E-state index contributed by atoms with van der Waals surface area (Å²) in [5, 5.41) is 10.8. The number of hydrogen-bond acceptors (Lipinski definition) is 6. The number of sulfonamides is 1. The highest BCUT2D eigenvalue weighted by molar-refractivity contribution is 7.89. The van der Waals surface area contributed by atoms with Crippen LogP contribution in [-0.2, 0) is 24.3 Å². The predicted octanol–water partition coefficient (Wildman–Crippen LogP) is 0.799. The molecule has 8 nitrogen and oxygen atoms in total. The Morgan fingerprint density at radius 1 is 1.26 bits per heavy atom. The number of ether oxygens (including phenoxy) is 1. The molecular weight excluding hydrogens is 377 g/mol. The van der Waals surface area contributed by atoms with Crippen LogP contribution in [0.15, 0.2) is 29.2 Å². The van der Waals surface area contributed by atoms with Gasteiger partial charge in [0.2, 0.25) is 10.0 Å². The lowest BCUT2D eigenvalue weighted by atomic mass is 9.98. The molecule has 0 saturated carbocycles. The summed E-state index contributed by atoms with van der Waals surface area (Å²) in [6, 6.07) is 6.45. The van der Waals surface area contributed by atoms with Gasteiger partial charge in [0.25, 0.3) is 5.91 Å². The number of esters is 1. The fourth-order valence-corrected chi connectivity index (χ4v) is 4.12. The summed E-state index contributed by atoms with van der Waals surface area (Å²) < 4.78 is 44.2. The van der Waals surface area contributed by atoms with E-state index in [-0.39, 0.29) is 43.8 Å². The second-order valence-corrected chi connectivity index (χ2v) is 7.94. The van der Waals surface area contributed by atoms with Gasteiger partial charge < -0.3 is 10.1 Å². The maximum atomic E-state index is 13.0. The molecule has 0 spiro atoms. The highest BCUT2D eigenvalue weighted by atomic mass is 32.2. The lowest BCUT2D eigenvalue weighted by Gasteiger charge is -2.30. The molecule has 1 N–H and O–H groups in total. The minimum atomic E-state index is -3.74. The minimum absolute atomic E-state index is 0.000957. The Balaban J connectivity index is 1.82. The molecule has 1 aliphatic heterocycles. The van der Waals surface area contributed by atoms with Gasteiger partial charge in [-0.25, -0.2) is 12.8 Å². The van der Waals surface area contributed by atoms with E-state index in [9.17, 15) is 22.4 Å². The van der Waals surface area contributed by atoms with Crippen LogP contribution in [-0.4, -0.2) is 50.8 Å². The van der Waals surface area contributed by atoms with E-state index in [0.717, 1.165) is 12.1 Å². The maximum Gasteiger partial charge on any atom is 0.309 e. The normalized spacial score (nSPS) is 15.7. The first-order valence-corrected chi connectivity index (χ1v) is 9.84. The smallest absolute Gasteiger partial charge is 0.309 e. The molecule has 1 saturated heterocycles. The molecule has 1 aromatic rings. The van der Waals surface area contributed by atoms with E-state index in [4.69, 9.17) is 10.00 Å². The van der Waals surface area contributed by atoms with Gasteiger partial charge in [-0.05, 0) is 37.1 Å². The summed E-state index contributed by atoms with van der Waals surface area (Å²) in [6.45, 7) is 0.0204. The zero-order valence-electron chi connectivity index (χ0n) is 14.6. The van der Waals surface area contributed by atoms with Crippen LogP contribution in [0, 0.1) is 23.1 Å². The molecule has 27 heavy (non-hydrogen) atoms. The number of nitrogens with zero attached hydrogens (tertiary/aromatic N) is 2. The molecule has 2 rings (SSSR count). The van der Waals surface area contributed by atoms with Crippen molar-refractivity contribution in [1.29, 1.82) is 5.26 Å². The number of carbonyl (C=O) groups is 2. The molecule has 1 amide bonds. The zero-order chi connectivity index (χ0) is 19.9. The summed E-state index contributed by atoms with van der Waals surface area (Å²) in [7, 11) is -3.74. The van der Waals surface area contributed by atoms with E-state index in [1.165, 1.54) is 16.4 Å². The third-order valence-corrected chi connectivity index (χ3v) is 6.06. The van der Waals surface area contributed by atoms with Gasteiger partial charge in [-0.2, -0.15) is 9.57 Å². The second kappa shape index (κ2) is 9.43. The molecule has 0 unspecified atom stereocenters. The number of hydrogen-bond donors (Lipinski definition) is 1. The molecule has 1 heterocycles. The van der Waals surface area contributed by atoms with Crippen molar-refractivity contribution in [3.63, 3.8) is 0 Å². The Kier molecular flexibility index (Phi) is 7.27. The highest BCUT2D eigenvalue weighted by Gasteiger charge is 2.33. The summed E-state index contributed by atoms with van der Waals surface area (Å²) >= 11 is 0. The molecule has 146 valence electrons. The molecule has 0 bridgehead atoms. The lowest BCUT2D eigenvalue weighted by Crippen LogP contribution is -2.41. The largest absolute Gasteiger partial charge is 0.455 e. The fraction of sp³-hybridized carbons (Fsp3) is 0.471. The van der Waals surface area contributed by atoms with Gasteiger partial charge in [0.1, 0.15) is 5.82 Å². The molecule has 1 aromatic carbocycles. The van der Waals surface area contributed by atoms with Gasteiger partial charge in [-0.3, -0.25) is 9.59 Å². The summed E-state index contributed by atoms with van der Waals surface area (Å²) in [5.41, 5.74) is 0. The van der Waals surface area contributed by atoms with Gasteiger partial charge in [0, 0.05) is 19.6 Å². The summed E-state index contributed by atoms with van der Waals surface area (Å²) in [5.74, 6) is -2.05. The van der Waals surface area contributed by atoms with Crippen LogP contribution in [0.4, 0.5) is 4.39 Å². The SMILES string of the molecule is N#CCCNC(=O)COC(=O)C1CCN(S(=O)(=O)c2ccc(F)cc2)CC1. The van der Waals surface area contributed by atoms with Crippen molar-refractivity contribution in [2.24, 2.45) is 5.92 Å². The molecule has 0 aliphatic carbocycles. The van der Waals surface area contributed by atoms with Gasteiger partial charge in [0.15, 0.2) is 6.61 Å². The minimum Gasteiger partial charge on any atom is -0.455 e. The number of nitrogens with one attached hydrogen (secondary N) is 1. The van der Waals surface area contributed by atoms with Gasteiger partial charge in [-0.1, -0.05) is 0 Å². The molecule has 0 atom stereocenters. The fourth-order valence-electron chi connectivity index (χ4n) is 2.65. The van der Waals surface area contributed by atoms with Crippen LogP contribution in [0.25, 0.3) is 0 Å². The van der Waals surface area contributed by atoms with E-state index >= 15 is 0 Å². The number of halogens is 1.